The van der Waals surface area contributed by atoms with Gasteiger partial charge in [-0.1, -0.05) is 19.8 Å². The number of guanidine groups is 1. The van der Waals surface area contributed by atoms with E-state index in [2.05, 4.69) is 24.5 Å². The SMILES string of the molecule is CCNC(=NCC1CCC(C)CC1)NCC1CCCO1.I. The quantitative estimate of drug-likeness (QED) is 0.417. The Kier molecular flexibility index (Phi) is 9.64. The fourth-order valence-electron chi connectivity index (χ4n) is 3.09. The molecule has 0 aromatic heterocycles. The van der Waals surface area contributed by atoms with Gasteiger partial charge in [0.25, 0.3) is 0 Å². The van der Waals surface area contributed by atoms with Crippen molar-refractivity contribution < 1.29 is 4.74 Å². The molecule has 0 bridgehead atoms. The standard InChI is InChI=1S/C16H31N3O.HI/c1-3-17-16(19-12-15-5-4-10-20-15)18-11-14-8-6-13(2)7-9-14;/h13-15H,3-12H2,1-2H3,(H2,17,18,19);1H. The minimum atomic E-state index is 0. The summed E-state index contributed by atoms with van der Waals surface area (Å²) >= 11 is 0. The second-order valence-corrected chi connectivity index (χ2v) is 6.36. The van der Waals surface area contributed by atoms with Crippen LogP contribution in [0.15, 0.2) is 4.99 Å². The van der Waals surface area contributed by atoms with Gasteiger partial charge < -0.3 is 15.4 Å². The molecule has 2 rings (SSSR count). The molecule has 0 radical (unpaired) electrons. The van der Waals surface area contributed by atoms with E-state index in [1.165, 1.54) is 38.5 Å². The van der Waals surface area contributed by atoms with Crippen molar-refractivity contribution in [2.45, 2.75) is 58.5 Å². The summed E-state index contributed by atoms with van der Waals surface area (Å²) in [4.78, 5) is 4.76. The van der Waals surface area contributed by atoms with E-state index in [1.54, 1.807) is 0 Å². The van der Waals surface area contributed by atoms with Gasteiger partial charge in [-0.2, -0.15) is 0 Å². The molecule has 1 saturated carbocycles. The highest BCUT2D eigenvalue weighted by Crippen LogP contribution is 2.28. The Balaban J connectivity index is 0.00000220. The number of rotatable bonds is 5. The molecule has 0 aromatic carbocycles. The van der Waals surface area contributed by atoms with Gasteiger partial charge in [-0.15, -0.1) is 24.0 Å². The second-order valence-electron chi connectivity index (χ2n) is 6.36. The van der Waals surface area contributed by atoms with E-state index >= 15 is 0 Å². The molecule has 1 aliphatic heterocycles. The molecule has 2 N–H and O–H groups in total. The molecule has 1 atom stereocenters. The fraction of sp³-hybridized carbons (Fsp3) is 0.938. The molecule has 0 aromatic rings. The first-order valence-electron chi connectivity index (χ1n) is 8.41. The highest BCUT2D eigenvalue weighted by molar-refractivity contribution is 14.0. The number of aliphatic imine (C=N–C) groups is 1. The zero-order valence-corrected chi connectivity index (χ0v) is 15.9. The Morgan fingerprint density at radius 3 is 2.52 bits per heavy atom. The molecule has 2 fully saturated rings. The second kappa shape index (κ2) is 10.6. The van der Waals surface area contributed by atoms with Gasteiger partial charge in [-0.05, 0) is 44.4 Å². The zero-order chi connectivity index (χ0) is 14.2. The van der Waals surface area contributed by atoms with Crippen LogP contribution in [0.1, 0.15) is 52.4 Å². The average molecular weight is 409 g/mol. The maximum Gasteiger partial charge on any atom is 0.191 e. The molecule has 21 heavy (non-hydrogen) atoms. The van der Waals surface area contributed by atoms with Gasteiger partial charge in [0.15, 0.2) is 5.96 Å². The third kappa shape index (κ3) is 7.17. The molecule has 1 aliphatic carbocycles. The molecule has 0 amide bonds. The Morgan fingerprint density at radius 2 is 1.90 bits per heavy atom. The highest BCUT2D eigenvalue weighted by Gasteiger charge is 2.18. The van der Waals surface area contributed by atoms with Crippen LogP contribution in [0, 0.1) is 11.8 Å². The van der Waals surface area contributed by atoms with Gasteiger partial charge in [0.1, 0.15) is 0 Å². The van der Waals surface area contributed by atoms with E-state index in [-0.39, 0.29) is 24.0 Å². The summed E-state index contributed by atoms with van der Waals surface area (Å²) in [6.45, 7) is 8.17. The van der Waals surface area contributed by atoms with Gasteiger partial charge in [-0.3, -0.25) is 4.99 Å². The van der Waals surface area contributed by atoms with Crippen LogP contribution in [0.3, 0.4) is 0 Å². The summed E-state index contributed by atoms with van der Waals surface area (Å²) < 4.78 is 5.64. The van der Waals surface area contributed by atoms with Crippen molar-refractivity contribution in [3.8, 4) is 0 Å². The minimum Gasteiger partial charge on any atom is -0.376 e. The lowest BCUT2D eigenvalue weighted by molar-refractivity contribution is 0.114. The first kappa shape index (κ1) is 19.0. The van der Waals surface area contributed by atoms with Crippen molar-refractivity contribution in [2.24, 2.45) is 16.8 Å². The summed E-state index contributed by atoms with van der Waals surface area (Å²) in [5, 5.41) is 6.76. The fourth-order valence-corrected chi connectivity index (χ4v) is 3.09. The van der Waals surface area contributed by atoms with E-state index in [9.17, 15) is 0 Å². The molecule has 1 heterocycles. The van der Waals surface area contributed by atoms with Crippen molar-refractivity contribution in [3.05, 3.63) is 0 Å². The Labute approximate surface area is 146 Å². The number of halogens is 1. The van der Waals surface area contributed by atoms with Crippen LogP contribution in [0.25, 0.3) is 0 Å². The third-order valence-electron chi connectivity index (χ3n) is 4.51. The molecule has 0 spiro atoms. The van der Waals surface area contributed by atoms with Crippen molar-refractivity contribution in [3.63, 3.8) is 0 Å². The van der Waals surface area contributed by atoms with Crippen LogP contribution in [0.2, 0.25) is 0 Å². The van der Waals surface area contributed by atoms with Gasteiger partial charge >= 0.3 is 0 Å². The largest absolute Gasteiger partial charge is 0.376 e. The predicted molar refractivity (Wildman–Crippen MR) is 99.5 cm³/mol. The van der Waals surface area contributed by atoms with E-state index in [1.807, 2.05) is 0 Å². The minimum absolute atomic E-state index is 0. The first-order valence-corrected chi connectivity index (χ1v) is 8.41. The number of hydrogen-bond acceptors (Lipinski definition) is 2. The molecule has 124 valence electrons. The summed E-state index contributed by atoms with van der Waals surface area (Å²) in [6.07, 6.45) is 8.17. The summed E-state index contributed by atoms with van der Waals surface area (Å²) in [5.41, 5.74) is 0. The van der Waals surface area contributed by atoms with Crippen LogP contribution in [0.4, 0.5) is 0 Å². The molecular formula is C16H32IN3O. The smallest absolute Gasteiger partial charge is 0.191 e. The van der Waals surface area contributed by atoms with E-state index in [0.717, 1.165) is 44.0 Å². The number of hydrogen-bond donors (Lipinski definition) is 2. The maximum atomic E-state index is 5.64. The highest BCUT2D eigenvalue weighted by atomic mass is 127. The lowest BCUT2D eigenvalue weighted by atomic mass is 9.83. The van der Waals surface area contributed by atoms with Gasteiger partial charge in [0.05, 0.1) is 6.10 Å². The normalized spacial score (nSPS) is 29.8. The average Bonchev–Trinajstić information content (AvgIpc) is 2.97. The lowest BCUT2D eigenvalue weighted by Crippen LogP contribution is -2.41. The van der Waals surface area contributed by atoms with Crippen LogP contribution in [-0.4, -0.2) is 38.3 Å². The third-order valence-corrected chi connectivity index (χ3v) is 4.51. The van der Waals surface area contributed by atoms with E-state index in [4.69, 9.17) is 9.73 Å². The van der Waals surface area contributed by atoms with Crippen LogP contribution < -0.4 is 10.6 Å². The van der Waals surface area contributed by atoms with Gasteiger partial charge in [0, 0.05) is 26.2 Å². The van der Waals surface area contributed by atoms with Crippen molar-refractivity contribution in [1.29, 1.82) is 0 Å². The summed E-state index contributed by atoms with van der Waals surface area (Å²) in [6, 6.07) is 0. The van der Waals surface area contributed by atoms with Crippen LogP contribution >= 0.6 is 24.0 Å². The van der Waals surface area contributed by atoms with Crippen LogP contribution in [0.5, 0.6) is 0 Å². The first-order chi connectivity index (χ1) is 9.78. The predicted octanol–water partition coefficient (Wildman–Crippen LogP) is 3.16. The van der Waals surface area contributed by atoms with Crippen LogP contribution in [-0.2, 0) is 4.74 Å². The molecule has 4 nitrogen and oxygen atoms in total. The lowest BCUT2D eigenvalue weighted by Gasteiger charge is -2.25. The molecular weight excluding hydrogens is 377 g/mol. The Hall–Kier alpha value is -0.0400. The Bertz CT molecular complexity index is 298. The molecule has 1 unspecified atom stereocenters. The molecule has 2 aliphatic rings. The van der Waals surface area contributed by atoms with E-state index < -0.39 is 0 Å². The van der Waals surface area contributed by atoms with Crippen molar-refractivity contribution in [1.82, 2.24) is 10.6 Å². The summed E-state index contributed by atoms with van der Waals surface area (Å²) in [7, 11) is 0. The topological polar surface area (TPSA) is 45.7 Å². The maximum absolute atomic E-state index is 5.64. The molecule has 5 heteroatoms. The van der Waals surface area contributed by atoms with Crippen molar-refractivity contribution in [2.75, 3.05) is 26.2 Å². The number of nitrogens with zero attached hydrogens (tertiary/aromatic N) is 1. The Morgan fingerprint density at radius 1 is 1.14 bits per heavy atom. The number of nitrogens with one attached hydrogen (secondary N) is 2. The van der Waals surface area contributed by atoms with Crippen molar-refractivity contribution >= 4 is 29.9 Å². The summed E-state index contributed by atoms with van der Waals surface area (Å²) in [5.74, 6) is 2.66. The van der Waals surface area contributed by atoms with E-state index in [0.29, 0.717) is 6.10 Å². The van der Waals surface area contributed by atoms with Gasteiger partial charge in [0.2, 0.25) is 0 Å². The number of ether oxygens (including phenoxy) is 1. The zero-order valence-electron chi connectivity index (χ0n) is 13.6. The van der Waals surface area contributed by atoms with Gasteiger partial charge in [-0.25, -0.2) is 0 Å². The molecule has 1 saturated heterocycles. The monoisotopic (exact) mass is 409 g/mol.